The Bertz CT molecular complexity index is 93.8. The fourth-order valence-corrected chi connectivity index (χ4v) is 1.06. The summed E-state index contributed by atoms with van der Waals surface area (Å²) in [5.74, 6) is 0. The maximum Gasteiger partial charge on any atom is 0.0620 e. The Kier molecular flexibility index (Phi) is 7.51. The molecule has 0 spiro atoms. The molecule has 1 unspecified atom stereocenters. The van der Waals surface area contributed by atoms with Gasteiger partial charge in [-0.15, -0.1) is 0 Å². The van der Waals surface area contributed by atoms with Gasteiger partial charge in [-0.25, -0.2) is 0 Å². The summed E-state index contributed by atoms with van der Waals surface area (Å²) in [7, 11) is 0. The van der Waals surface area contributed by atoms with Crippen molar-refractivity contribution in [1.29, 1.82) is 0 Å². The van der Waals surface area contributed by atoms with Gasteiger partial charge in [-0.3, -0.25) is 0 Å². The normalized spacial score (nSPS) is 13.8. The van der Waals surface area contributed by atoms with Crippen molar-refractivity contribution in [1.82, 2.24) is 0 Å². The Labute approximate surface area is 76.5 Å². The van der Waals surface area contributed by atoms with Gasteiger partial charge >= 0.3 is 0 Å². The van der Waals surface area contributed by atoms with E-state index in [9.17, 15) is 0 Å². The second-order valence-corrected chi connectivity index (χ2v) is 3.64. The van der Waals surface area contributed by atoms with Crippen molar-refractivity contribution in [3.8, 4) is 0 Å². The second kappa shape index (κ2) is 7.56. The van der Waals surface area contributed by atoms with Crippen LogP contribution in [0.1, 0.15) is 46.5 Å². The first-order chi connectivity index (χ1) is 5.66. The van der Waals surface area contributed by atoms with Gasteiger partial charge in [0.25, 0.3) is 0 Å². The molecule has 0 heterocycles. The molecule has 0 saturated heterocycles. The van der Waals surface area contributed by atoms with Gasteiger partial charge in [0.1, 0.15) is 0 Å². The van der Waals surface area contributed by atoms with E-state index in [0.29, 0.717) is 12.7 Å². The molecule has 0 fully saturated rings. The van der Waals surface area contributed by atoms with E-state index in [1.165, 1.54) is 19.3 Å². The third-order valence-corrected chi connectivity index (χ3v) is 1.82. The molecule has 12 heavy (non-hydrogen) atoms. The van der Waals surface area contributed by atoms with Crippen molar-refractivity contribution >= 4 is 0 Å². The zero-order valence-corrected chi connectivity index (χ0v) is 8.68. The van der Waals surface area contributed by atoms with Crippen LogP contribution in [0.3, 0.4) is 0 Å². The van der Waals surface area contributed by atoms with Crippen LogP contribution in [0, 0.1) is 0 Å². The topological polar surface area (TPSA) is 35.2 Å². The fourth-order valence-electron chi connectivity index (χ4n) is 1.06. The minimum atomic E-state index is 0.235. The minimum Gasteiger partial charge on any atom is -0.377 e. The Hall–Kier alpha value is -0.0800. The lowest BCUT2D eigenvalue weighted by Crippen LogP contribution is -2.27. The monoisotopic (exact) mass is 173 g/mol. The van der Waals surface area contributed by atoms with Gasteiger partial charge in [-0.2, -0.15) is 0 Å². The van der Waals surface area contributed by atoms with Crippen LogP contribution in [-0.4, -0.2) is 18.8 Å². The molecule has 2 heteroatoms. The van der Waals surface area contributed by atoms with Gasteiger partial charge < -0.3 is 10.5 Å². The second-order valence-electron chi connectivity index (χ2n) is 3.64. The molecule has 2 nitrogen and oxygen atoms in total. The summed E-state index contributed by atoms with van der Waals surface area (Å²) in [5, 5.41) is 0. The van der Waals surface area contributed by atoms with Gasteiger partial charge in [0, 0.05) is 6.04 Å². The lowest BCUT2D eigenvalue weighted by molar-refractivity contribution is 0.0665. The molecule has 0 bridgehead atoms. The molecule has 0 saturated carbocycles. The first kappa shape index (κ1) is 11.9. The van der Waals surface area contributed by atoms with Crippen LogP contribution in [0.15, 0.2) is 0 Å². The molecule has 0 amide bonds. The van der Waals surface area contributed by atoms with E-state index >= 15 is 0 Å². The highest BCUT2D eigenvalue weighted by Crippen LogP contribution is 2.02. The Balaban J connectivity index is 3.15. The fraction of sp³-hybridized carbons (Fsp3) is 1.00. The lowest BCUT2D eigenvalue weighted by atomic mass is 10.1. The highest BCUT2D eigenvalue weighted by Gasteiger charge is 2.02. The van der Waals surface area contributed by atoms with Crippen LogP contribution in [0.2, 0.25) is 0 Å². The van der Waals surface area contributed by atoms with Gasteiger partial charge in [0.15, 0.2) is 0 Å². The molecule has 0 aliphatic heterocycles. The maximum atomic E-state index is 5.84. The van der Waals surface area contributed by atoms with E-state index in [4.69, 9.17) is 10.5 Å². The molecule has 2 N–H and O–H groups in total. The molecular formula is C10H23NO. The summed E-state index contributed by atoms with van der Waals surface area (Å²) in [6.45, 7) is 7.00. The van der Waals surface area contributed by atoms with E-state index in [0.717, 1.165) is 6.42 Å². The highest BCUT2D eigenvalue weighted by molar-refractivity contribution is 4.60. The van der Waals surface area contributed by atoms with E-state index in [1.807, 2.05) is 13.8 Å². The number of rotatable bonds is 7. The Morgan fingerprint density at radius 1 is 1.25 bits per heavy atom. The van der Waals surface area contributed by atoms with Crippen molar-refractivity contribution in [3.05, 3.63) is 0 Å². The maximum absolute atomic E-state index is 5.84. The molecule has 74 valence electrons. The first-order valence-corrected chi connectivity index (χ1v) is 5.04. The molecule has 0 aliphatic carbocycles. The third kappa shape index (κ3) is 8.02. The predicted octanol–water partition coefficient (Wildman–Crippen LogP) is 2.32. The van der Waals surface area contributed by atoms with Crippen LogP contribution in [-0.2, 0) is 4.74 Å². The molecule has 0 aromatic heterocycles. The van der Waals surface area contributed by atoms with Crippen LogP contribution in [0.5, 0.6) is 0 Å². The summed E-state index contributed by atoms with van der Waals surface area (Å²) >= 11 is 0. The first-order valence-electron chi connectivity index (χ1n) is 5.04. The average Bonchev–Trinajstić information content (AvgIpc) is 2.01. The number of nitrogens with two attached hydrogens (primary N) is 1. The van der Waals surface area contributed by atoms with Crippen LogP contribution < -0.4 is 5.73 Å². The highest BCUT2D eigenvalue weighted by atomic mass is 16.5. The minimum absolute atomic E-state index is 0.235. The molecule has 0 radical (unpaired) electrons. The van der Waals surface area contributed by atoms with Crippen molar-refractivity contribution in [2.24, 2.45) is 5.73 Å². The third-order valence-electron chi connectivity index (χ3n) is 1.82. The van der Waals surface area contributed by atoms with Crippen LogP contribution >= 0.6 is 0 Å². The van der Waals surface area contributed by atoms with Crippen molar-refractivity contribution in [3.63, 3.8) is 0 Å². The standard InChI is InChI=1S/C10H23NO/c1-4-5-6-7-10(11)8-12-9(2)3/h9-10H,4-8,11H2,1-3H3. The molecule has 1 atom stereocenters. The smallest absolute Gasteiger partial charge is 0.0620 e. The zero-order valence-electron chi connectivity index (χ0n) is 8.68. The van der Waals surface area contributed by atoms with E-state index in [1.54, 1.807) is 0 Å². The van der Waals surface area contributed by atoms with E-state index < -0.39 is 0 Å². The van der Waals surface area contributed by atoms with Crippen LogP contribution in [0.4, 0.5) is 0 Å². The summed E-state index contributed by atoms with van der Waals surface area (Å²) < 4.78 is 5.41. The number of ether oxygens (including phenoxy) is 1. The van der Waals surface area contributed by atoms with Crippen molar-refractivity contribution in [2.45, 2.75) is 58.6 Å². The quantitative estimate of drug-likeness (QED) is 0.600. The summed E-state index contributed by atoms with van der Waals surface area (Å²) in [6, 6.07) is 0.235. The van der Waals surface area contributed by atoms with Crippen LogP contribution in [0.25, 0.3) is 0 Å². The largest absolute Gasteiger partial charge is 0.377 e. The number of hydrogen-bond donors (Lipinski definition) is 1. The van der Waals surface area contributed by atoms with Gasteiger partial charge in [0.2, 0.25) is 0 Å². The van der Waals surface area contributed by atoms with Crippen molar-refractivity contribution in [2.75, 3.05) is 6.61 Å². The number of hydrogen-bond acceptors (Lipinski definition) is 2. The molecule has 0 rings (SSSR count). The predicted molar refractivity (Wildman–Crippen MR) is 53.2 cm³/mol. The Morgan fingerprint density at radius 3 is 2.42 bits per heavy atom. The summed E-state index contributed by atoms with van der Waals surface area (Å²) in [6.07, 6.45) is 5.19. The molecule has 0 aromatic rings. The molecule has 0 aliphatic rings. The number of unbranched alkanes of at least 4 members (excludes halogenated alkanes) is 2. The SMILES string of the molecule is CCCCCC(N)COC(C)C. The van der Waals surface area contributed by atoms with Gasteiger partial charge in [-0.1, -0.05) is 26.2 Å². The van der Waals surface area contributed by atoms with Gasteiger partial charge in [0.05, 0.1) is 12.7 Å². The summed E-state index contributed by atoms with van der Waals surface area (Å²) in [5.41, 5.74) is 5.84. The van der Waals surface area contributed by atoms with E-state index in [-0.39, 0.29) is 6.04 Å². The van der Waals surface area contributed by atoms with Crippen molar-refractivity contribution < 1.29 is 4.74 Å². The zero-order chi connectivity index (χ0) is 9.40. The molecular weight excluding hydrogens is 150 g/mol. The summed E-state index contributed by atoms with van der Waals surface area (Å²) in [4.78, 5) is 0. The van der Waals surface area contributed by atoms with Gasteiger partial charge in [-0.05, 0) is 20.3 Å². The van der Waals surface area contributed by atoms with E-state index in [2.05, 4.69) is 6.92 Å². The lowest BCUT2D eigenvalue weighted by Gasteiger charge is -2.13. The molecule has 0 aromatic carbocycles. The Morgan fingerprint density at radius 2 is 1.92 bits per heavy atom. The average molecular weight is 173 g/mol.